The van der Waals surface area contributed by atoms with Gasteiger partial charge in [0.2, 0.25) is 0 Å². The number of ether oxygens (including phenoxy) is 1. The number of rotatable bonds is 3. The first-order valence-electron chi connectivity index (χ1n) is 7.71. The van der Waals surface area contributed by atoms with Crippen LogP contribution in [0.1, 0.15) is 0 Å². The Labute approximate surface area is 151 Å². The molecule has 7 heteroatoms. The highest BCUT2D eigenvalue weighted by Gasteiger charge is 2.31. The second kappa shape index (κ2) is 6.10. The molecule has 0 amide bonds. The van der Waals surface area contributed by atoms with Crippen LogP contribution in [0.5, 0.6) is 5.75 Å². The predicted molar refractivity (Wildman–Crippen MR) is 97.7 cm³/mol. The number of benzene rings is 2. The summed E-state index contributed by atoms with van der Waals surface area (Å²) < 4.78 is 42.9. The normalized spacial score (nSPS) is 11.8. The van der Waals surface area contributed by atoms with Gasteiger partial charge in [-0.2, -0.15) is 0 Å². The topological polar surface area (TPSA) is 40.2 Å². The van der Waals surface area contributed by atoms with Crippen LogP contribution in [0.25, 0.3) is 27.0 Å². The lowest BCUT2D eigenvalue weighted by Gasteiger charge is -2.10. The van der Waals surface area contributed by atoms with Gasteiger partial charge in [0.05, 0.1) is 5.52 Å². The van der Waals surface area contributed by atoms with Gasteiger partial charge in [-0.25, -0.2) is 0 Å². The van der Waals surface area contributed by atoms with Crippen LogP contribution >= 0.6 is 11.3 Å². The summed E-state index contributed by atoms with van der Waals surface area (Å²) in [7, 11) is 0. The van der Waals surface area contributed by atoms with Crippen LogP contribution in [-0.4, -0.2) is 10.9 Å². The minimum Gasteiger partial charge on any atom is -0.406 e. The Morgan fingerprint density at radius 3 is 2.42 bits per heavy atom. The largest absolute Gasteiger partial charge is 0.573 e. The lowest BCUT2D eigenvalue weighted by molar-refractivity contribution is -0.274. The molecule has 0 saturated carbocycles. The SMILES string of the molecule is Nc1ccc2c(c1)c(-c1cccs1)cn2-c1ccc(OC(F)(F)F)cc1. The molecule has 4 rings (SSSR count). The highest BCUT2D eigenvalue weighted by molar-refractivity contribution is 7.13. The van der Waals surface area contributed by atoms with Crippen molar-refractivity contribution in [1.82, 2.24) is 4.57 Å². The summed E-state index contributed by atoms with van der Waals surface area (Å²) in [5, 5.41) is 2.98. The van der Waals surface area contributed by atoms with Crippen LogP contribution < -0.4 is 10.5 Å². The molecule has 0 unspecified atom stereocenters. The van der Waals surface area contributed by atoms with Gasteiger partial charge in [-0.05, 0) is 53.9 Å². The Morgan fingerprint density at radius 2 is 1.77 bits per heavy atom. The molecule has 0 fully saturated rings. The quantitative estimate of drug-likeness (QED) is 0.458. The summed E-state index contributed by atoms with van der Waals surface area (Å²) in [6, 6.07) is 15.4. The monoisotopic (exact) mass is 374 g/mol. The first kappa shape index (κ1) is 16.5. The Morgan fingerprint density at radius 1 is 1.00 bits per heavy atom. The molecule has 26 heavy (non-hydrogen) atoms. The number of nitrogens with two attached hydrogens (primary N) is 1. The van der Waals surface area contributed by atoms with E-state index in [9.17, 15) is 13.2 Å². The smallest absolute Gasteiger partial charge is 0.406 e. The molecule has 0 saturated heterocycles. The van der Waals surface area contributed by atoms with Crippen molar-refractivity contribution in [3.63, 3.8) is 0 Å². The summed E-state index contributed by atoms with van der Waals surface area (Å²) in [4.78, 5) is 1.09. The molecule has 0 spiro atoms. The van der Waals surface area contributed by atoms with Crippen molar-refractivity contribution in [1.29, 1.82) is 0 Å². The zero-order valence-electron chi connectivity index (χ0n) is 13.3. The van der Waals surface area contributed by atoms with Crippen LogP contribution in [0, 0.1) is 0 Å². The maximum atomic E-state index is 12.3. The van der Waals surface area contributed by atoms with E-state index in [4.69, 9.17) is 5.73 Å². The third kappa shape index (κ3) is 3.13. The predicted octanol–water partition coefficient (Wildman–Crippen LogP) is 5.84. The zero-order chi connectivity index (χ0) is 18.3. The molecule has 0 radical (unpaired) electrons. The van der Waals surface area contributed by atoms with Crippen molar-refractivity contribution in [2.24, 2.45) is 0 Å². The molecule has 0 aliphatic heterocycles. The van der Waals surface area contributed by atoms with E-state index in [1.54, 1.807) is 29.5 Å². The number of hydrogen-bond donors (Lipinski definition) is 1. The Balaban J connectivity index is 1.82. The van der Waals surface area contributed by atoms with Crippen molar-refractivity contribution in [2.75, 3.05) is 5.73 Å². The van der Waals surface area contributed by atoms with E-state index in [2.05, 4.69) is 4.74 Å². The van der Waals surface area contributed by atoms with Crippen molar-refractivity contribution < 1.29 is 17.9 Å². The molecule has 2 heterocycles. The fourth-order valence-corrected chi connectivity index (χ4v) is 3.65. The molecule has 0 aliphatic rings. The molecular weight excluding hydrogens is 361 g/mol. The molecule has 4 aromatic rings. The van der Waals surface area contributed by atoms with Crippen molar-refractivity contribution >= 4 is 27.9 Å². The fourth-order valence-electron chi connectivity index (χ4n) is 2.90. The van der Waals surface area contributed by atoms with Crippen molar-refractivity contribution in [3.8, 4) is 21.9 Å². The van der Waals surface area contributed by atoms with E-state index in [0.29, 0.717) is 5.69 Å². The van der Waals surface area contributed by atoms with E-state index in [1.165, 1.54) is 12.1 Å². The highest BCUT2D eigenvalue weighted by Crippen LogP contribution is 2.36. The number of fused-ring (bicyclic) bond motifs is 1. The molecule has 132 valence electrons. The van der Waals surface area contributed by atoms with Crippen LogP contribution in [0.2, 0.25) is 0 Å². The number of halogens is 3. The van der Waals surface area contributed by atoms with Gasteiger partial charge in [-0.15, -0.1) is 24.5 Å². The summed E-state index contributed by atoms with van der Waals surface area (Å²) in [6.07, 6.45) is -2.74. The number of aromatic nitrogens is 1. The van der Waals surface area contributed by atoms with Crippen LogP contribution in [0.4, 0.5) is 18.9 Å². The Hall–Kier alpha value is -2.93. The number of anilines is 1. The molecular formula is C19H13F3N2OS. The summed E-state index contributed by atoms with van der Waals surface area (Å²) in [6.45, 7) is 0. The summed E-state index contributed by atoms with van der Waals surface area (Å²) >= 11 is 1.61. The van der Waals surface area contributed by atoms with Crippen LogP contribution in [0.15, 0.2) is 66.2 Å². The van der Waals surface area contributed by atoms with Gasteiger partial charge in [-0.3, -0.25) is 0 Å². The molecule has 0 atom stereocenters. The van der Waals surface area contributed by atoms with Crippen LogP contribution in [0.3, 0.4) is 0 Å². The maximum Gasteiger partial charge on any atom is 0.573 e. The van der Waals surface area contributed by atoms with E-state index >= 15 is 0 Å². The first-order chi connectivity index (χ1) is 12.4. The molecule has 0 aliphatic carbocycles. The van der Waals surface area contributed by atoms with Gasteiger partial charge < -0.3 is 15.0 Å². The molecule has 0 bridgehead atoms. The van der Waals surface area contributed by atoms with Gasteiger partial charge in [0.25, 0.3) is 0 Å². The van der Waals surface area contributed by atoms with E-state index < -0.39 is 6.36 Å². The zero-order valence-corrected chi connectivity index (χ0v) is 14.1. The summed E-state index contributed by atoms with van der Waals surface area (Å²) in [5.41, 5.74) is 9.28. The maximum absolute atomic E-state index is 12.3. The Kier molecular flexibility index (Phi) is 3.88. The number of nitrogen functional groups attached to an aromatic ring is 1. The molecule has 2 N–H and O–H groups in total. The summed E-state index contributed by atoms with van der Waals surface area (Å²) in [5.74, 6) is -0.250. The third-order valence-electron chi connectivity index (χ3n) is 3.96. The standard InChI is InChI=1S/C19H13F3N2OS/c20-19(21,22)25-14-6-4-13(5-7-14)24-11-16(18-2-1-9-26-18)15-10-12(23)3-8-17(15)24/h1-11H,23H2. The minimum absolute atomic E-state index is 0.250. The number of nitrogens with zero attached hydrogens (tertiary/aromatic N) is 1. The number of thiophene rings is 1. The van der Waals surface area contributed by atoms with Crippen molar-refractivity contribution in [3.05, 3.63) is 66.2 Å². The molecule has 2 aromatic heterocycles. The van der Waals surface area contributed by atoms with Gasteiger partial charge in [0, 0.05) is 33.4 Å². The van der Waals surface area contributed by atoms with Gasteiger partial charge in [0.15, 0.2) is 0 Å². The second-order valence-corrected chi connectivity index (χ2v) is 6.66. The lowest BCUT2D eigenvalue weighted by Crippen LogP contribution is -2.17. The Bertz CT molecular complexity index is 1050. The van der Waals surface area contributed by atoms with Crippen LogP contribution in [-0.2, 0) is 0 Å². The molecule has 3 nitrogen and oxygen atoms in total. The minimum atomic E-state index is -4.70. The van der Waals surface area contributed by atoms with Gasteiger partial charge >= 0.3 is 6.36 Å². The lowest BCUT2D eigenvalue weighted by atomic mass is 10.1. The third-order valence-corrected chi connectivity index (χ3v) is 4.87. The molecule has 2 aromatic carbocycles. The van der Waals surface area contributed by atoms with Crippen molar-refractivity contribution in [2.45, 2.75) is 6.36 Å². The van der Waals surface area contributed by atoms with E-state index in [1.807, 2.05) is 40.4 Å². The van der Waals surface area contributed by atoms with Gasteiger partial charge in [-0.1, -0.05) is 6.07 Å². The second-order valence-electron chi connectivity index (χ2n) is 5.71. The fraction of sp³-hybridized carbons (Fsp3) is 0.0526. The van der Waals surface area contributed by atoms with E-state index in [-0.39, 0.29) is 5.75 Å². The highest BCUT2D eigenvalue weighted by atomic mass is 32.1. The van der Waals surface area contributed by atoms with E-state index in [0.717, 1.165) is 27.0 Å². The number of hydrogen-bond acceptors (Lipinski definition) is 3. The average Bonchev–Trinajstić information content (AvgIpc) is 3.21. The first-order valence-corrected chi connectivity index (χ1v) is 8.59. The number of alkyl halides is 3. The van der Waals surface area contributed by atoms with Gasteiger partial charge in [0.1, 0.15) is 5.75 Å². The average molecular weight is 374 g/mol.